The van der Waals surface area contributed by atoms with Crippen LogP contribution in [0.5, 0.6) is 5.75 Å². The van der Waals surface area contributed by atoms with Gasteiger partial charge in [0.2, 0.25) is 0 Å². The van der Waals surface area contributed by atoms with Crippen LogP contribution in [0.1, 0.15) is 17.5 Å². The summed E-state index contributed by atoms with van der Waals surface area (Å²) in [5.41, 5.74) is 1.91. The van der Waals surface area contributed by atoms with Gasteiger partial charge in [0.05, 0.1) is 6.07 Å². The van der Waals surface area contributed by atoms with E-state index in [1.807, 2.05) is 68.5 Å². The molecular weight excluding hydrogens is 366 g/mol. The van der Waals surface area contributed by atoms with Gasteiger partial charge in [-0.05, 0) is 48.8 Å². The second kappa shape index (κ2) is 9.14. The molecule has 0 saturated heterocycles. The molecule has 0 aliphatic heterocycles. The van der Waals surface area contributed by atoms with Crippen LogP contribution in [-0.4, -0.2) is 23.1 Å². The number of para-hydroxylation sites is 1. The first-order valence-electron chi connectivity index (χ1n) is 9.38. The lowest BCUT2D eigenvalue weighted by Gasteiger charge is -2.34. The minimum atomic E-state index is -1.20. The summed E-state index contributed by atoms with van der Waals surface area (Å²) in [5, 5.41) is 20.5. The van der Waals surface area contributed by atoms with E-state index < -0.39 is 5.60 Å². The quantitative estimate of drug-likeness (QED) is 0.657. The number of benzene rings is 2. The number of allylic oxidation sites excluding steroid dienone is 1. The number of rotatable bonds is 7. The Labute approximate surface area is 171 Å². The zero-order valence-corrected chi connectivity index (χ0v) is 17.1. The molecule has 2 aromatic carbocycles. The number of aliphatic hydroxyl groups is 1. The maximum Gasteiger partial charge on any atom is 0.125 e. The fourth-order valence-electron chi connectivity index (χ4n) is 3.36. The highest BCUT2D eigenvalue weighted by molar-refractivity contribution is 7.99. The number of ether oxygens (including phenoxy) is 1. The van der Waals surface area contributed by atoms with Crippen LogP contribution in [0.25, 0.3) is 0 Å². The molecule has 1 N–H and O–H groups in total. The first-order chi connectivity index (χ1) is 13.5. The van der Waals surface area contributed by atoms with Crippen molar-refractivity contribution in [3.63, 3.8) is 0 Å². The first-order valence-corrected chi connectivity index (χ1v) is 10.4. The van der Waals surface area contributed by atoms with Crippen LogP contribution in [0.3, 0.4) is 0 Å². The van der Waals surface area contributed by atoms with Crippen LogP contribution >= 0.6 is 11.8 Å². The first kappa shape index (κ1) is 20.3. The number of nitrogens with zero attached hydrogens (tertiary/aromatic N) is 1. The number of hydrogen-bond acceptors (Lipinski definition) is 4. The maximum absolute atomic E-state index is 11.4. The average molecular weight is 392 g/mol. The molecule has 0 spiro atoms. The highest BCUT2D eigenvalue weighted by Gasteiger charge is 2.36. The summed E-state index contributed by atoms with van der Waals surface area (Å²) >= 11 is 1.73. The largest absolute Gasteiger partial charge is 0.490 e. The van der Waals surface area contributed by atoms with Gasteiger partial charge in [-0.2, -0.15) is 5.26 Å². The summed E-state index contributed by atoms with van der Waals surface area (Å²) in [4.78, 5) is 1.19. The van der Waals surface area contributed by atoms with Gasteiger partial charge in [-0.15, -0.1) is 11.8 Å². The number of hydrogen-bond donors (Lipinski definition) is 1. The molecule has 0 saturated carbocycles. The lowest BCUT2D eigenvalue weighted by molar-refractivity contribution is 0.00207. The van der Waals surface area contributed by atoms with Crippen molar-refractivity contribution in [3.05, 3.63) is 83.5 Å². The van der Waals surface area contributed by atoms with Gasteiger partial charge in [0.15, 0.2) is 0 Å². The molecule has 0 aromatic heterocycles. The predicted octanol–water partition coefficient (Wildman–Crippen LogP) is 5.23. The Hall–Kier alpha value is -2.48. The molecule has 0 heterocycles. The fourth-order valence-corrected chi connectivity index (χ4v) is 4.22. The summed E-state index contributed by atoms with van der Waals surface area (Å²) in [6.07, 6.45) is 6.08. The third kappa shape index (κ3) is 4.86. The normalized spacial score (nSPS) is 21.1. The molecule has 3 rings (SSSR count). The Morgan fingerprint density at radius 1 is 1.11 bits per heavy atom. The molecule has 28 heavy (non-hydrogen) atoms. The smallest absolute Gasteiger partial charge is 0.125 e. The minimum absolute atomic E-state index is 0.120. The lowest BCUT2D eigenvalue weighted by Crippen LogP contribution is -2.43. The molecule has 144 valence electrons. The van der Waals surface area contributed by atoms with E-state index in [0.717, 1.165) is 28.2 Å². The molecule has 2 aromatic rings. The van der Waals surface area contributed by atoms with E-state index in [0.29, 0.717) is 0 Å². The van der Waals surface area contributed by atoms with Gasteiger partial charge in [-0.1, -0.05) is 48.6 Å². The Kier molecular flexibility index (Phi) is 6.61. The zero-order chi connectivity index (χ0) is 20.0. The van der Waals surface area contributed by atoms with E-state index in [9.17, 15) is 10.4 Å². The molecular formula is C24H25NO2S. The van der Waals surface area contributed by atoms with Crippen LogP contribution < -0.4 is 4.74 Å². The highest BCUT2D eigenvalue weighted by atomic mass is 32.2. The third-order valence-electron chi connectivity index (χ3n) is 4.94. The van der Waals surface area contributed by atoms with Crippen LogP contribution in [0.2, 0.25) is 0 Å². The van der Waals surface area contributed by atoms with Gasteiger partial charge in [0.25, 0.3) is 0 Å². The van der Waals surface area contributed by atoms with Crippen LogP contribution in [0, 0.1) is 31.1 Å². The van der Waals surface area contributed by atoms with E-state index in [-0.39, 0.29) is 18.9 Å². The highest BCUT2D eigenvalue weighted by Crippen LogP contribution is 2.34. The summed E-state index contributed by atoms with van der Waals surface area (Å²) in [6, 6.07) is 18.4. The van der Waals surface area contributed by atoms with Crippen molar-refractivity contribution in [2.24, 2.45) is 5.92 Å². The SMILES string of the molecule is Cc1cccc(C)c1OCC1(O)C=C(CSc2ccccc2)C=CC1CC#N. The van der Waals surface area contributed by atoms with Crippen molar-refractivity contribution < 1.29 is 9.84 Å². The van der Waals surface area contributed by atoms with Crippen LogP contribution in [0.4, 0.5) is 0 Å². The van der Waals surface area contributed by atoms with Gasteiger partial charge in [-0.25, -0.2) is 0 Å². The molecule has 4 heteroatoms. The van der Waals surface area contributed by atoms with Crippen molar-refractivity contribution >= 4 is 11.8 Å². The molecule has 3 nitrogen and oxygen atoms in total. The molecule has 0 fully saturated rings. The van der Waals surface area contributed by atoms with Gasteiger partial charge in [0, 0.05) is 23.0 Å². The number of aryl methyl sites for hydroxylation is 2. The van der Waals surface area contributed by atoms with E-state index in [4.69, 9.17) is 4.74 Å². The van der Waals surface area contributed by atoms with Crippen molar-refractivity contribution in [1.82, 2.24) is 0 Å². The molecule has 0 radical (unpaired) electrons. The molecule has 2 atom stereocenters. The Balaban J connectivity index is 1.76. The second-order valence-electron chi connectivity index (χ2n) is 7.15. The topological polar surface area (TPSA) is 53.2 Å². The predicted molar refractivity (Wildman–Crippen MR) is 114 cm³/mol. The minimum Gasteiger partial charge on any atom is -0.490 e. The number of nitriles is 1. The summed E-state index contributed by atoms with van der Waals surface area (Å²) in [5.74, 6) is 1.27. The zero-order valence-electron chi connectivity index (χ0n) is 16.3. The Morgan fingerprint density at radius 3 is 2.50 bits per heavy atom. The van der Waals surface area contributed by atoms with Gasteiger partial charge >= 0.3 is 0 Å². The molecule has 2 unspecified atom stereocenters. The van der Waals surface area contributed by atoms with Crippen molar-refractivity contribution in [3.8, 4) is 11.8 Å². The van der Waals surface area contributed by atoms with Gasteiger partial charge in [0.1, 0.15) is 18.0 Å². The monoisotopic (exact) mass is 391 g/mol. The lowest BCUT2D eigenvalue weighted by atomic mass is 9.80. The standard InChI is InChI=1S/C24H25NO2S/c1-18-7-6-8-19(2)23(18)27-17-24(26)15-20(11-12-21(24)13-14-25)16-28-22-9-4-3-5-10-22/h3-12,15,21,26H,13,16-17H2,1-2H3. The van der Waals surface area contributed by atoms with Crippen LogP contribution in [0.15, 0.2) is 77.2 Å². The van der Waals surface area contributed by atoms with E-state index >= 15 is 0 Å². The van der Waals surface area contributed by atoms with E-state index in [1.54, 1.807) is 11.8 Å². The Morgan fingerprint density at radius 2 is 1.82 bits per heavy atom. The molecule has 1 aliphatic rings. The van der Waals surface area contributed by atoms with Gasteiger partial charge < -0.3 is 9.84 Å². The third-order valence-corrected chi connectivity index (χ3v) is 6.02. The molecule has 1 aliphatic carbocycles. The number of thioether (sulfide) groups is 1. The van der Waals surface area contributed by atoms with E-state index in [1.165, 1.54) is 4.90 Å². The van der Waals surface area contributed by atoms with Crippen LogP contribution in [-0.2, 0) is 0 Å². The molecule has 0 bridgehead atoms. The fraction of sp³-hybridized carbons (Fsp3) is 0.292. The van der Waals surface area contributed by atoms with Crippen molar-refractivity contribution in [2.45, 2.75) is 30.8 Å². The van der Waals surface area contributed by atoms with Gasteiger partial charge in [-0.3, -0.25) is 0 Å². The maximum atomic E-state index is 11.4. The summed E-state index contributed by atoms with van der Waals surface area (Å²) < 4.78 is 6.05. The summed E-state index contributed by atoms with van der Waals surface area (Å²) in [7, 11) is 0. The second-order valence-corrected chi connectivity index (χ2v) is 8.20. The van der Waals surface area contributed by atoms with Crippen molar-refractivity contribution in [2.75, 3.05) is 12.4 Å². The average Bonchev–Trinajstić information content (AvgIpc) is 2.69. The molecule has 0 amide bonds. The Bertz CT molecular complexity index is 894. The van der Waals surface area contributed by atoms with E-state index in [2.05, 4.69) is 18.2 Å². The van der Waals surface area contributed by atoms with Crippen molar-refractivity contribution in [1.29, 1.82) is 5.26 Å². The summed E-state index contributed by atoms with van der Waals surface area (Å²) in [6.45, 7) is 4.12.